The van der Waals surface area contributed by atoms with Gasteiger partial charge in [-0.1, -0.05) is 0 Å². The fourth-order valence-corrected chi connectivity index (χ4v) is 4.25. The maximum atomic E-state index is 13.0. The number of ether oxygens (including phenoxy) is 2. The lowest BCUT2D eigenvalue weighted by molar-refractivity contribution is -0.188. The van der Waals surface area contributed by atoms with Crippen molar-refractivity contribution in [3.05, 3.63) is 23.7 Å². The van der Waals surface area contributed by atoms with E-state index in [0.29, 0.717) is 50.7 Å². The predicted octanol–water partition coefficient (Wildman–Crippen LogP) is 1.81. The molecule has 0 N–H and O–H groups in total. The molecule has 3 aliphatic rings. The number of hydrogen-bond donors (Lipinski definition) is 0. The third-order valence-electron chi connectivity index (χ3n) is 5.80. The third-order valence-corrected chi connectivity index (χ3v) is 5.80. The van der Waals surface area contributed by atoms with E-state index in [0.717, 1.165) is 25.7 Å². The molecule has 1 aromatic heterocycles. The van der Waals surface area contributed by atoms with Gasteiger partial charge < -0.3 is 23.7 Å². The van der Waals surface area contributed by atoms with Crippen molar-refractivity contribution in [3.63, 3.8) is 0 Å². The van der Waals surface area contributed by atoms with Crippen LogP contribution in [0.2, 0.25) is 0 Å². The van der Waals surface area contributed by atoms with Crippen molar-refractivity contribution in [1.29, 1.82) is 0 Å². The van der Waals surface area contributed by atoms with Crippen molar-refractivity contribution in [2.24, 2.45) is 5.92 Å². The summed E-state index contributed by atoms with van der Waals surface area (Å²) in [6.45, 7) is 5.56. The van der Waals surface area contributed by atoms with E-state index < -0.39 is 5.79 Å². The standard InChI is InChI=1S/C19H26N2O5/c1-14-16(4-10-24-14)18(23)21-7-2-3-15(13-21)17(22)20-8-5-19(6-9-20)25-11-12-26-19/h4,10,15H,2-3,5-9,11-13H2,1H3. The molecule has 0 saturated carbocycles. The molecule has 1 unspecified atom stereocenters. The Morgan fingerprint density at radius 3 is 2.50 bits per heavy atom. The van der Waals surface area contributed by atoms with Crippen LogP contribution in [0.3, 0.4) is 0 Å². The third kappa shape index (κ3) is 3.25. The zero-order chi connectivity index (χ0) is 18.1. The van der Waals surface area contributed by atoms with Crippen molar-refractivity contribution in [2.45, 2.75) is 38.4 Å². The highest BCUT2D eigenvalue weighted by atomic mass is 16.7. The number of rotatable bonds is 2. The summed E-state index contributed by atoms with van der Waals surface area (Å²) in [6, 6.07) is 1.70. The lowest BCUT2D eigenvalue weighted by Crippen LogP contribution is -2.51. The number of likely N-dealkylation sites (tertiary alicyclic amines) is 2. The van der Waals surface area contributed by atoms with Crippen LogP contribution in [0, 0.1) is 12.8 Å². The summed E-state index contributed by atoms with van der Waals surface area (Å²) in [4.78, 5) is 29.4. The van der Waals surface area contributed by atoms with Crippen LogP contribution >= 0.6 is 0 Å². The van der Waals surface area contributed by atoms with E-state index in [2.05, 4.69) is 0 Å². The summed E-state index contributed by atoms with van der Waals surface area (Å²) in [5.74, 6) is 0.142. The van der Waals surface area contributed by atoms with Crippen LogP contribution in [0.1, 0.15) is 41.8 Å². The quantitative estimate of drug-likeness (QED) is 0.802. The fraction of sp³-hybridized carbons (Fsp3) is 0.684. The molecule has 7 heteroatoms. The molecule has 26 heavy (non-hydrogen) atoms. The molecule has 2 amide bonds. The first-order chi connectivity index (χ1) is 12.6. The van der Waals surface area contributed by atoms with Gasteiger partial charge in [0.15, 0.2) is 5.79 Å². The second kappa shape index (κ2) is 7.04. The molecule has 1 atom stereocenters. The molecular weight excluding hydrogens is 336 g/mol. The topological polar surface area (TPSA) is 72.2 Å². The summed E-state index contributed by atoms with van der Waals surface area (Å²) in [7, 11) is 0. The number of nitrogens with zero attached hydrogens (tertiary/aromatic N) is 2. The van der Waals surface area contributed by atoms with Crippen molar-refractivity contribution < 1.29 is 23.5 Å². The van der Waals surface area contributed by atoms with Crippen LogP contribution in [0.25, 0.3) is 0 Å². The molecule has 0 bridgehead atoms. The maximum Gasteiger partial charge on any atom is 0.257 e. The molecule has 3 saturated heterocycles. The minimum Gasteiger partial charge on any atom is -0.469 e. The van der Waals surface area contributed by atoms with Gasteiger partial charge in [-0.25, -0.2) is 0 Å². The monoisotopic (exact) mass is 362 g/mol. The van der Waals surface area contributed by atoms with Crippen LogP contribution < -0.4 is 0 Å². The van der Waals surface area contributed by atoms with Crippen LogP contribution in [-0.2, 0) is 14.3 Å². The second-order valence-corrected chi connectivity index (χ2v) is 7.41. The summed E-state index contributed by atoms with van der Waals surface area (Å²) in [5, 5.41) is 0. The van der Waals surface area contributed by atoms with E-state index in [1.807, 2.05) is 4.90 Å². The van der Waals surface area contributed by atoms with Crippen LogP contribution in [0.15, 0.2) is 16.7 Å². The van der Waals surface area contributed by atoms with Gasteiger partial charge in [0, 0.05) is 39.0 Å². The van der Waals surface area contributed by atoms with Crippen LogP contribution in [-0.4, -0.2) is 66.8 Å². The lowest BCUT2D eigenvalue weighted by Gasteiger charge is -2.40. The number of piperidine rings is 2. The van der Waals surface area contributed by atoms with Gasteiger partial charge in [-0.05, 0) is 25.8 Å². The van der Waals surface area contributed by atoms with E-state index in [1.165, 1.54) is 6.26 Å². The van der Waals surface area contributed by atoms with Crippen LogP contribution in [0.5, 0.6) is 0 Å². The number of carbonyl (C=O) groups excluding carboxylic acids is 2. The van der Waals surface area contributed by atoms with Crippen molar-refractivity contribution in [3.8, 4) is 0 Å². The lowest BCUT2D eigenvalue weighted by atomic mass is 9.94. The van der Waals surface area contributed by atoms with Gasteiger partial charge in [-0.2, -0.15) is 0 Å². The SMILES string of the molecule is Cc1occc1C(=O)N1CCCC(C(=O)N2CCC3(CC2)OCCO3)C1. The summed E-state index contributed by atoms with van der Waals surface area (Å²) in [5.41, 5.74) is 0.591. The van der Waals surface area contributed by atoms with E-state index in [-0.39, 0.29) is 17.7 Å². The number of hydrogen-bond acceptors (Lipinski definition) is 5. The first-order valence-electron chi connectivity index (χ1n) is 9.48. The van der Waals surface area contributed by atoms with Gasteiger partial charge in [0.25, 0.3) is 5.91 Å². The minimum atomic E-state index is -0.468. The smallest absolute Gasteiger partial charge is 0.257 e. The van der Waals surface area contributed by atoms with Gasteiger partial charge in [-0.3, -0.25) is 9.59 Å². The fourth-order valence-electron chi connectivity index (χ4n) is 4.25. The van der Waals surface area contributed by atoms with Crippen molar-refractivity contribution >= 4 is 11.8 Å². The first-order valence-corrected chi connectivity index (χ1v) is 9.48. The Balaban J connectivity index is 1.36. The highest BCUT2D eigenvalue weighted by molar-refractivity contribution is 5.95. The molecule has 0 aliphatic carbocycles. The molecule has 1 aromatic rings. The summed E-state index contributed by atoms with van der Waals surface area (Å²) in [6.07, 6.45) is 4.67. The van der Waals surface area contributed by atoms with Crippen molar-refractivity contribution in [1.82, 2.24) is 9.80 Å². The van der Waals surface area contributed by atoms with E-state index in [9.17, 15) is 9.59 Å². The Morgan fingerprint density at radius 2 is 1.85 bits per heavy atom. The molecular formula is C19H26N2O5. The molecule has 0 radical (unpaired) electrons. The molecule has 7 nitrogen and oxygen atoms in total. The number of carbonyl (C=O) groups is 2. The first kappa shape index (κ1) is 17.5. The summed E-state index contributed by atoms with van der Waals surface area (Å²) >= 11 is 0. The predicted molar refractivity (Wildman–Crippen MR) is 92.5 cm³/mol. The molecule has 1 spiro atoms. The highest BCUT2D eigenvalue weighted by Crippen LogP contribution is 2.32. The normalized spacial score (nSPS) is 25.7. The molecule has 142 valence electrons. The van der Waals surface area contributed by atoms with Crippen LogP contribution in [0.4, 0.5) is 0 Å². The van der Waals surface area contributed by atoms with Gasteiger partial charge in [0.1, 0.15) is 5.76 Å². The molecule has 3 fully saturated rings. The zero-order valence-corrected chi connectivity index (χ0v) is 15.2. The zero-order valence-electron chi connectivity index (χ0n) is 15.2. The van der Waals surface area contributed by atoms with E-state index in [1.54, 1.807) is 17.9 Å². The molecule has 0 aromatic carbocycles. The van der Waals surface area contributed by atoms with Gasteiger partial charge >= 0.3 is 0 Å². The molecule has 4 heterocycles. The molecule has 4 rings (SSSR count). The number of amides is 2. The Kier molecular flexibility index (Phi) is 4.75. The Hall–Kier alpha value is -1.86. The second-order valence-electron chi connectivity index (χ2n) is 7.41. The minimum absolute atomic E-state index is 0.0425. The number of furan rings is 1. The number of aryl methyl sites for hydroxylation is 1. The Bertz CT molecular complexity index is 669. The van der Waals surface area contributed by atoms with E-state index >= 15 is 0 Å². The van der Waals surface area contributed by atoms with E-state index in [4.69, 9.17) is 13.9 Å². The highest BCUT2D eigenvalue weighted by Gasteiger charge is 2.42. The van der Waals surface area contributed by atoms with Gasteiger partial charge in [0.05, 0.1) is 31.0 Å². The van der Waals surface area contributed by atoms with Gasteiger partial charge in [-0.15, -0.1) is 0 Å². The Morgan fingerprint density at radius 1 is 1.12 bits per heavy atom. The Labute approximate surface area is 153 Å². The molecule has 3 aliphatic heterocycles. The van der Waals surface area contributed by atoms with Crippen molar-refractivity contribution in [2.75, 3.05) is 39.4 Å². The summed E-state index contributed by atoms with van der Waals surface area (Å²) < 4.78 is 16.7. The average Bonchev–Trinajstić information content (AvgIpc) is 3.30. The average molecular weight is 362 g/mol. The maximum absolute atomic E-state index is 13.0. The largest absolute Gasteiger partial charge is 0.469 e. The van der Waals surface area contributed by atoms with Gasteiger partial charge in [0.2, 0.25) is 5.91 Å².